The SMILES string of the molecule is CO[P+](=O)OC[C@]1(F)CC[C@H](n2cc(C)c(=O)[nH]c2=O)O1. The molecule has 116 valence electrons. The van der Waals surface area contributed by atoms with Gasteiger partial charge in [0, 0.05) is 22.7 Å². The van der Waals surface area contributed by atoms with Crippen LogP contribution in [0.25, 0.3) is 0 Å². The zero-order chi connectivity index (χ0) is 15.6. The Hall–Kier alpha value is -1.41. The molecule has 10 heteroatoms. The van der Waals surface area contributed by atoms with E-state index in [1.165, 1.54) is 20.2 Å². The summed E-state index contributed by atoms with van der Waals surface area (Å²) in [4.78, 5) is 25.1. The van der Waals surface area contributed by atoms with E-state index in [2.05, 4.69) is 14.0 Å². The lowest BCUT2D eigenvalue weighted by atomic mass is 10.2. The number of alkyl halides is 1. The van der Waals surface area contributed by atoms with Crippen LogP contribution in [0.15, 0.2) is 15.8 Å². The van der Waals surface area contributed by atoms with Crippen molar-refractivity contribution in [2.75, 3.05) is 13.7 Å². The molecule has 0 amide bonds. The number of aryl methyl sites for hydroxylation is 1. The summed E-state index contributed by atoms with van der Waals surface area (Å²) >= 11 is 0. The van der Waals surface area contributed by atoms with E-state index in [0.29, 0.717) is 5.56 Å². The van der Waals surface area contributed by atoms with Gasteiger partial charge in [-0.25, -0.2) is 9.18 Å². The topological polar surface area (TPSA) is 99.6 Å². The zero-order valence-corrected chi connectivity index (χ0v) is 12.4. The lowest BCUT2D eigenvalue weighted by Crippen LogP contribution is -2.35. The van der Waals surface area contributed by atoms with E-state index in [1.54, 1.807) is 0 Å². The van der Waals surface area contributed by atoms with Gasteiger partial charge in [0.25, 0.3) is 5.56 Å². The fourth-order valence-electron chi connectivity index (χ4n) is 2.00. The molecule has 0 aliphatic carbocycles. The summed E-state index contributed by atoms with van der Waals surface area (Å²) in [5.74, 6) is -2.16. The number of rotatable bonds is 5. The van der Waals surface area contributed by atoms with Gasteiger partial charge in [0.15, 0.2) is 6.61 Å². The maximum Gasteiger partial charge on any atom is 0.697 e. The van der Waals surface area contributed by atoms with Crippen molar-refractivity contribution in [2.45, 2.75) is 31.8 Å². The molecule has 2 rings (SSSR count). The van der Waals surface area contributed by atoms with Crippen molar-refractivity contribution in [2.24, 2.45) is 0 Å². The minimum Gasteiger partial charge on any atom is -0.319 e. The van der Waals surface area contributed by atoms with Gasteiger partial charge in [-0.15, -0.1) is 9.05 Å². The molecule has 2 heterocycles. The normalized spacial score (nSPS) is 26.0. The Labute approximate surface area is 119 Å². The molecule has 1 aromatic rings. The first kappa shape index (κ1) is 16.0. The Morgan fingerprint density at radius 2 is 2.33 bits per heavy atom. The molecule has 0 spiro atoms. The molecule has 21 heavy (non-hydrogen) atoms. The maximum absolute atomic E-state index is 14.3. The zero-order valence-electron chi connectivity index (χ0n) is 11.5. The maximum atomic E-state index is 14.3. The molecule has 1 aromatic heterocycles. The Morgan fingerprint density at radius 3 is 3.00 bits per heavy atom. The number of nitrogens with one attached hydrogen (secondary N) is 1. The van der Waals surface area contributed by atoms with Gasteiger partial charge in [-0.2, -0.15) is 0 Å². The lowest BCUT2D eigenvalue weighted by Gasteiger charge is -2.19. The first-order valence-electron chi connectivity index (χ1n) is 6.18. The van der Waals surface area contributed by atoms with Gasteiger partial charge in [0.1, 0.15) is 6.23 Å². The number of aromatic nitrogens is 2. The first-order valence-corrected chi connectivity index (χ1v) is 7.27. The second kappa shape index (κ2) is 6.15. The Morgan fingerprint density at radius 1 is 1.62 bits per heavy atom. The van der Waals surface area contributed by atoms with E-state index in [0.717, 1.165) is 4.57 Å². The van der Waals surface area contributed by atoms with Gasteiger partial charge in [0.2, 0.25) is 5.85 Å². The number of halogens is 1. The Kier molecular flexibility index (Phi) is 4.67. The van der Waals surface area contributed by atoms with E-state index < -0.39 is 38.2 Å². The van der Waals surface area contributed by atoms with E-state index in [1.807, 2.05) is 0 Å². The van der Waals surface area contributed by atoms with Crippen LogP contribution in [0, 0.1) is 6.92 Å². The molecule has 1 saturated heterocycles. The standard InChI is InChI=1S/C11H14FN2O6P/c1-7-5-14(10(16)13-9(7)15)8-3-4-11(12,20-8)6-19-21(17)18-2/h5,8H,3-4,6H2,1-2H3/p+1/t8-,11+/m1/s1. The van der Waals surface area contributed by atoms with Gasteiger partial charge >= 0.3 is 13.9 Å². The number of ether oxygens (including phenoxy) is 1. The number of nitrogens with zero attached hydrogens (tertiary/aromatic N) is 1. The van der Waals surface area contributed by atoms with Crippen LogP contribution in [-0.4, -0.2) is 29.1 Å². The Balaban J connectivity index is 2.12. The van der Waals surface area contributed by atoms with Crippen LogP contribution >= 0.6 is 8.25 Å². The molecule has 1 unspecified atom stereocenters. The third-order valence-electron chi connectivity index (χ3n) is 3.10. The second-order valence-corrected chi connectivity index (χ2v) is 5.72. The van der Waals surface area contributed by atoms with E-state index >= 15 is 0 Å². The summed E-state index contributed by atoms with van der Waals surface area (Å²) in [5.41, 5.74) is -0.863. The van der Waals surface area contributed by atoms with Crippen molar-refractivity contribution in [1.82, 2.24) is 9.55 Å². The van der Waals surface area contributed by atoms with Gasteiger partial charge in [0.05, 0.1) is 7.11 Å². The average Bonchev–Trinajstić information content (AvgIpc) is 2.83. The monoisotopic (exact) mass is 321 g/mol. The molecule has 1 aliphatic heterocycles. The van der Waals surface area contributed by atoms with Gasteiger partial charge < -0.3 is 4.74 Å². The molecule has 1 aliphatic rings. The minimum absolute atomic E-state index is 0.0326. The van der Waals surface area contributed by atoms with Crippen LogP contribution in [0.5, 0.6) is 0 Å². The summed E-state index contributed by atoms with van der Waals surface area (Å²) < 4.78 is 40.7. The predicted molar refractivity (Wildman–Crippen MR) is 69.8 cm³/mol. The van der Waals surface area contributed by atoms with Crippen molar-refractivity contribution >= 4 is 8.25 Å². The molecule has 1 N–H and O–H groups in total. The summed E-state index contributed by atoms with van der Waals surface area (Å²) in [5, 5.41) is 0. The largest absolute Gasteiger partial charge is 0.697 e. The van der Waals surface area contributed by atoms with Crippen LogP contribution in [0.2, 0.25) is 0 Å². The van der Waals surface area contributed by atoms with E-state index in [-0.39, 0.29) is 12.8 Å². The molecule has 0 saturated carbocycles. The van der Waals surface area contributed by atoms with Crippen LogP contribution in [0.1, 0.15) is 24.6 Å². The van der Waals surface area contributed by atoms with Crippen molar-refractivity contribution < 1.29 is 22.7 Å². The first-order chi connectivity index (χ1) is 9.84. The molecule has 8 nitrogen and oxygen atoms in total. The third kappa shape index (κ3) is 3.62. The molecule has 3 atom stereocenters. The second-order valence-electron chi connectivity index (χ2n) is 4.65. The molecule has 0 radical (unpaired) electrons. The number of hydrogen-bond acceptors (Lipinski definition) is 6. The van der Waals surface area contributed by atoms with Crippen LogP contribution in [0.3, 0.4) is 0 Å². The van der Waals surface area contributed by atoms with Crippen molar-refractivity contribution in [3.05, 3.63) is 32.6 Å². The summed E-state index contributed by atoms with van der Waals surface area (Å²) in [6.45, 7) is 0.961. The number of H-pyrrole nitrogens is 1. The van der Waals surface area contributed by atoms with Crippen molar-refractivity contribution in [3.8, 4) is 0 Å². The summed E-state index contributed by atoms with van der Waals surface area (Å²) in [7, 11) is -1.23. The number of aromatic amines is 1. The fourth-order valence-corrected chi connectivity index (χ4v) is 2.41. The van der Waals surface area contributed by atoms with E-state index in [9.17, 15) is 18.5 Å². The highest BCUT2D eigenvalue weighted by Crippen LogP contribution is 2.39. The van der Waals surface area contributed by atoms with Crippen LogP contribution in [-0.2, 0) is 18.3 Å². The Bertz CT molecular complexity index is 659. The molecule has 1 fully saturated rings. The summed E-state index contributed by atoms with van der Waals surface area (Å²) in [6, 6.07) is 0. The van der Waals surface area contributed by atoms with Gasteiger partial charge in [-0.1, -0.05) is 0 Å². The summed E-state index contributed by atoms with van der Waals surface area (Å²) in [6.07, 6.45) is 0.639. The van der Waals surface area contributed by atoms with Crippen molar-refractivity contribution in [3.63, 3.8) is 0 Å². The average molecular weight is 321 g/mol. The highest BCUT2D eigenvalue weighted by atomic mass is 31.1. The smallest absolute Gasteiger partial charge is 0.319 e. The highest BCUT2D eigenvalue weighted by Gasteiger charge is 2.44. The molecule has 0 bridgehead atoms. The molecular weight excluding hydrogens is 306 g/mol. The van der Waals surface area contributed by atoms with E-state index in [4.69, 9.17) is 4.74 Å². The molecule has 0 aromatic carbocycles. The van der Waals surface area contributed by atoms with Gasteiger partial charge in [-0.3, -0.25) is 14.3 Å². The third-order valence-corrected chi connectivity index (χ3v) is 3.74. The predicted octanol–water partition coefficient (Wildman–Crippen LogP) is 1.14. The quantitative estimate of drug-likeness (QED) is 0.816. The van der Waals surface area contributed by atoms with Crippen LogP contribution < -0.4 is 11.2 Å². The van der Waals surface area contributed by atoms with Crippen molar-refractivity contribution in [1.29, 1.82) is 0 Å². The highest BCUT2D eigenvalue weighted by molar-refractivity contribution is 7.33. The van der Waals surface area contributed by atoms with Crippen LogP contribution in [0.4, 0.5) is 4.39 Å². The minimum atomic E-state index is -2.40. The fraction of sp³-hybridized carbons (Fsp3) is 0.636. The number of hydrogen-bond donors (Lipinski definition) is 1. The van der Waals surface area contributed by atoms with Gasteiger partial charge in [-0.05, 0) is 13.3 Å². The molecular formula is C11H15FN2O6P+. The lowest BCUT2D eigenvalue weighted by molar-refractivity contribution is -0.173.